The van der Waals surface area contributed by atoms with Gasteiger partial charge in [0.05, 0.1) is 5.69 Å². The first-order valence-corrected chi connectivity index (χ1v) is 7.03. The highest BCUT2D eigenvalue weighted by Crippen LogP contribution is 2.25. The maximum absolute atomic E-state index is 12.1. The smallest absolute Gasteiger partial charge is 0.340 e. The summed E-state index contributed by atoms with van der Waals surface area (Å²) in [6.45, 7) is 4.98. The molecule has 0 aliphatic carbocycles. The highest BCUT2D eigenvalue weighted by molar-refractivity contribution is 7.10. The second-order valence-electron chi connectivity index (χ2n) is 4.68. The van der Waals surface area contributed by atoms with Crippen molar-refractivity contribution in [3.8, 4) is 0 Å². The summed E-state index contributed by atoms with van der Waals surface area (Å²) >= 11 is 1.08. The zero-order chi connectivity index (χ0) is 14.0. The molecule has 0 spiro atoms. The summed E-state index contributed by atoms with van der Waals surface area (Å²) in [5.41, 5.74) is 0.631. The van der Waals surface area contributed by atoms with Crippen molar-refractivity contribution in [3.05, 3.63) is 11.3 Å². The summed E-state index contributed by atoms with van der Waals surface area (Å²) in [5.74, 6) is -1.01. The predicted molar refractivity (Wildman–Crippen MR) is 72.7 cm³/mol. The number of hydrogen-bond donors (Lipinski definition) is 2. The van der Waals surface area contributed by atoms with Gasteiger partial charge in [-0.2, -0.15) is 4.37 Å². The third-order valence-corrected chi connectivity index (χ3v) is 4.08. The molecule has 2 heterocycles. The first-order chi connectivity index (χ1) is 9.00. The molecule has 1 fully saturated rings. The molecular weight excluding hydrogens is 266 g/mol. The lowest BCUT2D eigenvalue weighted by Gasteiger charge is -2.21. The van der Waals surface area contributed by atoms with Crippen LogP contribution in [0.4, 0.5) is 5.00 Å². The Labute approximate surface area is 115 Å². The second kappa shape index (κ2) is 5.56. The Morgan fingerprint density at radius 2 is 2.05 bits per heavy atom. The number of rotatable bonds is 4. The molecule has 1 saturated heterocycles. The van der Waals surface area contributed by atoms with E-state index in [2.05, 4.69) is 9.69 Å². The van der Waals surface area contributed by atoms with E-state index in [1.54, 1.807) is 13.8 Å². The predicted octanol–water partition coefficient (Wildman–Crippen LogP) is 1.57. The van der Waals surface area contributed by atoms with Gasteiger partial charge in [0.15, 0.2) is 0 Å². The van der Waals surface area contributed by atoms with Crippen molar-refractivity contribution in [2.45, 2.75) is 32.7 Å². The van der Waals surface area contributed by atoms with Crippen LogP contribution in [0.2, 0.25) is 0 Å². The van der Waals surface area contributed by atoms with Gasteiger partial charge in [-0.15, -0.1) is 0 Å². The normalized spacial score (nSPS) is 16.4. The summed E-state index contributed by atoms with van der Waals surface area (Å²) in [5, 5.41) is 12.6. The minimum atomic E-state index is -1.02. The van der Waals surface area contributed by atoms with Gasteiger partial charge in [-0.1, -0.05) is 0 Å². The van der Waals surface area contributed by atoms with Crippen LogP contribution in [0.3, 0.4) is 0 Å². The van der Waals surface area contributed by atoms with E-state index in [-0.39, 0.29) is 11.5 Å². The highest BCUT2D eigenvalue weighted by atomic mass is 32.1. The molecular formula is C12H17N3O3S. The molecule has 104 valence electrons. The molecule has 2 N–H and O–H groups in total. The topological polar surface area (TPSA) is 82.5 Å². The van der Waals surface area contributed by atoms with Gasteiger partial charge >= 0.3 is 5.97 Å². The standard InChI is InChI=1S/C12H17N3O3S/c1-7-9(12(17)18)10(19-14-7)13-8(2)11(16)15-5-3-4-6-15/h8,13H,3-6H2,1-2H3,(H,17,18). The van der Waals surface area contributed by atoms with Gasteiger partial charge in [-0.3, -0.25) is 4.79 Å². The Balaban J connectivity index is 2.08. The molecule has 6 nitrogen and oxygen atoms in total. The zero-order valence-electron chi connectivity index (χ0n) is 11.0. The number of likely N-dealkylation sites (tertiary alicyclic amines) is 1. The van der Waals surface area contributed by atoms with E-state index in [0.29, 0.717) is 10.7 Å². The molecule has 0 bridgehead atoms. The number of carbonyl (C=O) groups excluding carboxylic acids is 1. The lowest BCUT2D eigenvalue weighted by Crippen LogP contribution is -2.39. The van der Waals surface area contributed by atoms with E-state index < -0.39 is 12.0 Å². The minimum Gasteiger partial charge on any atom is -0.478 e. The third-order valence-electron chi connectivity index (χ3n) is 3.21. The van der Waals surface area contributed by atoms with Crippen molar-refractivity contribution >= 4 is 28.4 Å². The highest BCUT2D eigenvalue weighted by Gasteiger charge is 2.25. The van der Waals surface area contributed by atoms with Gasteiger partial charge in [0, 0.05) is 13.1 Å². The lowest BCUT2D eigenvalue weighted by atomic mass is 10.2. The summed E-state index contributed by atoms with van der Waals surface area (Å²) < 4.78 is 4.02. The summed E-state index contributed by atoms with van der Waals surface area (Å²) in [6.07, 6.45) is 2.08. The number of carboxylic acids is 1. The van der Waals surface area contributed by atoms with Crippen LogP contribution in [0.25, 0.3) is 0 Å². The quantitative estimate of drug-likeness (QED) is 0.876. The molecule has 0 radical (unpaired) electrons. The van der Waals surface area contributed by atoms with Crippen LogP contribution in [0.15, 0.2) is 0 Å². The second-order valence-corrected chi connectivity index (χ2v) is 5.45. The summed E-state index contributed by atoms with van der Waals surface area (Å²) in [7, 11) is 0. The molecule has 1 unspecified atom stereocenters. The van der Waals surface area contributed by atoms with E-state index in [4.69, 9.17) is 5.11 Å². The van der Waals surface area contributed by atoms with Crippen LogP contribution in [-0.2, 0) is 4.79 Å². The fourth-order valence-corrected chi connectivity index (χ4v) is 3.07. The Kier molecular flexibility index (Phi) is 4.04. The molecule has 1 aliphatic rings. The Hall–Kier alpha value is -1.63. The van der Waals surface area contributed by atoms with Gasteiger partial charge in [-0.25, -0.2) is 4.79 Å². The van der Waals surface area contributed by atoms with Crippen LogP contribution in [0.1, 0.15) is 35.8 Å². The van der Waals surface area contributed by atoms with E-state index in [1.807, 2.05) is 4.90 Å². The monoisotopic (exact) mass is 283 g/mol. The van der Waals surface area contributed by atoms with Crippen LogP contribution in [-0.4, -0.2) is 45.4 Å². The number of anilines is 1. The molecule has 1 amide bonds. The minimum absolute atomic E-state index is 0.0138. The zero-order valence-corrected chi connectivity index (χ0v) is 11.8. The number of amides is 1. The largest absolute Gasteiger partial charge is 0.478 e. The van der Waals surface area contributed by atoms with Gasteiger partial charge in [-0.05, 0) is 38.2 Å². The Morgan fingerprint density at radius 3 is 2.63 bits per heavy atom. The van der Waals surface area contributed by atoms with Gasteiger partial charge in [0.1, 0.15) is 16.6 Å². The van der Waals surface area contributed by atoms with Crippen molar-refractivity contribution < 1.29 is 14.7 Å². The average Bonchev–Trinajstić information content (AvgIpc) is 2.97. The SMILES string of the molecule is Cc1nsc(NC(C)C(=O)N2CCCC2)c1C(=O)O. The summed E-state index contributed by atoms with van der Waals surface area (Å²) in [4.78, 5) is 25.1. The molecule has 1 atom stereocenters. The van der Waals surface area contributed by atoms with Crippen molar-refractivity contribution in [2.75, 3.05) is 18.4 Å². The van der Waals surface area contributed by atoms with Gasteiger partial charge < -0.3 is 15.3 Å². The molecule has 0 aromatic carbocycles. The van der Waals surface area contributed by atoms with E-state index in [0.717, 1.165) is 37.5 Å². The first kappa shape index (κ1) is 13.8. The molecule has 7 heteroatoms. The van der Waals surface area contributed by atoms with Crippen LogP contribution in [0.5, 0.6) is 0 Å². The van der Waals surface area contributed by atoms with Crippen molar-refractivity contribution in [1.29, 1.82) is 0 Å². The number of aryl methyl sites for hydroxylation is 1. The number of aromatic nitrogens is 1. The van der Waals surface area contributed by atoms with Crippen LogP contribution in [0, 0.1) is 6.92 Å². The van der Waals surface area contributed by atoms with E-state index >= 15 is 0 Å². The van der Waals surface area contributed by atoms with Crippen molar-refractivity contribution in [2.24, 2.45) is 0 Å². The molecule has 19 heavy (non-hydrogen) atoms. The molecule has 0 saturated carbocycles. The van der Waals surface area contributed by atoms with Crippen molar-refractivity contribution in [1.82, 2.24) is 9.27 Å². The summed E-state index contributed by atoms with van der Waals surface area (Å²) in [6, 6.07) is -0.434. The fourth-order valence-electron chi connectivity index (χ4n) is 2.19. The van der Waals surface area contributed by atoms with Crippen LogP contribution < -0.4 is 5.32 Å². The molecule has 1 aromatic heterocycles. The number of carboxylic acid groups (broad SMARTS) is 1. The number of aromatic carboxylic acids is 1. The van der Waals surface area contributed by atoms with E-state index in [1.165, 1.54) is 0 Å². The Morgan fingerprint density at radius 1 is 1.42 bits per heavy atom. The molecule has 1 aliphatic heterocycles. The first-order valence-electron chi connectivity index (χ1n) is 6.25. The van der Waals surface area contributed by atoms with Crippen LogP contribution >= 0.6 is 11.5 Å². The number of nitrogens with zero attached hydrogens (tertiary/aromatic N) is 2. The van der Waals surface area contributed by atoms with E-state index in [9.17, 15) is 9.59 Å². The van der Waals surface area contributed by atoms with Gasteiger partial charge in [0.2, 0.25) is 5.91 Å². The maximum Gasteiger partial charge on any atom is 0.340 e. The third kappa shape index (κ3) is 2.86. The van der Waals surface area contributed by atoms with Crippen molar-refractivity contribution in [3.63, 3.8) is 0 Å². The maximum atomic E-state index is 12.1. The Bertz CT molecular complexity index is 494. The number of nitrogens with one attached hydrogen (secondary N) is 1. The number of hydrogen-bond acceptors (Lipinski definition) is 5. The molecule has 2 rings (SSSR count). The fraction of sp³-hybridized carbons (Fsp3) is 0.583. The average molecular weight is 283 g/mol. The lowest BCUT2D eigenvalue weighted by molar-refractivity contribution is -0.130. The van der Waals surface area contributed by atoms with Gasteiger partial charge in [0.25, 0.3) is 0 Å². The number of carbonyl (C=O) groups is 2. The molecule has 1 aromatic rings.